The number of rotatable bonds is 3. The average Bonchev–Trinajstić information content (AvgIpc) is 2.37. The van der Waals surface area contributed by atoms with Gasteiger partial charge in [0.15, 0.2) is 0 Å². The molecule has 1 aliphatic rings. The van der Waals surface area contributed by atoms with Crippen LogP contribution in [0.5, 0.6) is 0 Å². The first-order chi connectivity index (χ1) is 9.35. The van der Waals surface area contributed by atoms with E-state index in [2.05, 4.69) is 11.6 Å². The lowest BCUT2D eigenvalue weighted by Crippen LogP contribution is -2.39. The van der Waals surface area contributed by atoms with Crippen molar-refractivity contribution < 1.29 is 13.2 Å². The zero-order valence-electron chi connectivity index (χ0n) is 11.8. The zero-order chi connectivity index (χ0) is 14.8. The molecule has 1 N–H and O–H groups in total. The lowest BCUT2D eigenvalue weighted by atomic mass is 9.99. The van der Waals surface area contributed by atoms with Crippen molar-refractivity contribution in [1.82, 2.24) is 4.90 Å². The molecular weight excluding hydrogens is 276 g/mol. The van der Waals surface area contributed by atoms with Crippen molar-refractivity contribution in [2.45, 2.75) is 19.8 Å². The third-order valence-corrected chi connectivity index (χ3v) is 3.99. The quantitative estimate of drug-likeness (QED) is 0.927. The van der Waals surface area contributed by atoms with E-state index in [9.17, 15) is 13.2 Å². The molecule has 1 amide bonds. The van der Waals surface area contributed by atoms with Crippen LogP contribution >= 0.6 is 0 Å². The predicted molar refractivity (Wildman–Crippen MR) is 79.2 cm³/mol. The first-order valence-electron chi connectivity index (χ1n) is 6.72. The second kappa shape index (κ2) is 5.83. The monoisotopic (exact) mass is 296 g/mol. The molecule has 1 aliphatic heterocycles. The average molecular weight is 296 g/mol. The Morgan fingerprint density at radius 2 is 1.95 bits per heavy atom. The van der Waals surface area contributed by atoms with Gasteiger partial charge >= 0.3 is 0 Å². The summed E-state index contributed by atoms with van der Waals surface area (Å²) in [5, 5.41) is 0. The SMILES string of the molecule is C[C@H]1CCCN(C(=O)c2ccc(NS(C)(=O)=O)cc2)C1. The van der Waals surface area contributed by atoms with E-state index in [1.807, 2.05) is 4.90 Å². The van der Waals surface area contributed by atoms with Crippen molar-refractivity contribution in [3.05, 3.63) is 29.8 Å². The maximum atomic E-state index is 12.3. The highest BCUT2D eigenvalue weighted by Gasteiger charge is 2.21. The number of amides is 1. The Morgan fingerprint density at radius 1 is 1.30 bits per heavy atom. The summed E-state index contributed by atoms with van der Waals surface area (Å²) in [5.41, 5.74) is 1.06. The Kier molecular flexibility index (Phi) is 4.32. The van der Waals surface area contributed by atoms with E-state index in [4.69, 9.17) is 0 Å². The summed E-state index contributed by atoms with van der Waals surface area (Å²) in [7, 11) is -3.28. The number of sulfonamides is 1. The number of piperidine rings is 1. The number of anilines is 1. The van der Waals surface area contributed by atoms with Crippen LogP contribution in [0.4, 0.5) is 5.69 Å². The maximum absolute atomic E-state index is 12.3. The largest absolute Gasteiger partial charge is 0.338 e. The number of nitrogens with one attached hydrogen (secondary N) is 1. The van der Waals surface area contributed by atoms with Crippen LogP contribution in [0, 0.1) is 5.92 Å². The van der Waals surface area contributed by atoms with Gasteiger partial charge in [-0.3, -0.25) is 9.52 Å². The van der Waals surface area contributed by atoms with E-state index in [0.29, 0.717) is 17.2 Å². The fourth-order valence-electron chi connectivity index (χ4n) is 2.45. The first kappa shape index (κ1) is 14.8. The molecule has 1 atom stereocenters. The number of carbonyl (C=O) groups is 1. The highest BCUT2D eigenvalue weighted by Crippen LogP contribution is 2.19. The van der Waals surface area contributed by atoms with Crippen LogP contribution in [0.15, 0.2) is 24.3 Å². The van der Waals surface area contributed by atoms with Gasteiger partial charge in [-0.05, 0) is 43.0 Å². The summed E-state index contributed by atoms with van der Waals surface area (Å²) in [4.78, 5) is 14.2. The van der Waals surface area contributed by atoms with Crippen LogP contribution in [-0.2, 0) is 10.0 Å². The summed E-state index contributed by atoms with van der Waals surface area (Å²) >= 11 is 0. The van der Waals surface area contributed by atoms with E-state index in [1.165, 1.54) is 6.42 Å². The van der Waals surface area contributed by atoms with Crippen LogP contribution in [0.1, 0.15) is 30.1 Å². The van der Waals surface area contributed by atoms with Crippen molar-refractivity contribution in [2.24, 2.45) is 5.92 Å². The molecule has 2 rings (SSSR count). The molecule has 5 nitrogen and oxygen atoms in total. The molecule has 0 radical (unpaired) electrons. The molecule has 0 unspecified atom stereocenters. The van der Waals surface area contributed by atoms with Gasteiger partial charge in [0.1, 0.15) is 0 Å². The Labute approximate surface area is 120 Å². The van der Waals surface area contributed by atoms with Crippen molar-refractivity contribution in [3.8, 4) is 0 Å². The van der Waals surface area contributed by atoms with Gasteiger partial charge in [-0.2, -0.15) is 0 Å². The molecule has 0 aliphatic carbocycles. The molecule has 1 aromatic rings. The van der Waals surface area contributed by atoms with Crippen molar-refractivity contribution in [1.29, 1.82) is 0 Å². The molecule has 0 aromatic heterocycles. The molecule has 0 saturated carbocycles. The number of hydrogen-bond donors (Lipinski definition) is 1. The third-order valence-electron chi connectivity index (χ3n) is 3.38. The zero-order valence-corrected chi connectivity index (χ0v) is 12.6. The number of nitrogens with zero attached hydrogens (tertiary/aromatic N) is 1. The third kappa shape index (κ3) is 3.96. The molecule has 20 heavy (non-hydrogen) atoms. The van der Waals surface area contributed by atoms with Crippen molar-refractivity contribution in [3.63, 3.8) is 0 Å². The minimum atomic E-state index is -3.28. The van der Waals surface area contributed by atoms with Crippen LogP contribution < -0.4 is 4.72 Å². The fraction of sp³-hybridized carbons (Fsp3) is 0.500. The number of likely N-dealkylation sites (tertiary alicyclic amines) is 1. The lowest BCUT2D eigenvalue weighted by molar-refractivity contribution is 0.0683. The highest BCUT2D eigenvalue weighted by atomic mass is 32.2. The molecule has 0 spiro atoms. The molecule has 1 fully saturated rings. The van der Waals surface area contributed by atoms with Crippen LogP contribution in [0.25, 0.3) is 0 Å². The van der Waals surface area contributed by atoms with E-state index in [-0.39, 0.29) is 5.91 Å². The smallest absolute Gasteiger partial charge is 0.253 e. The molecule has 1 heterocycles. The summed E-state index contributed by atoms with van der Waals surface area (Å²) in [6.07, 6.45) is 3.31. The van der Waals surface area contributed by atoms with Gasteiger partial charge in [-0.25, -0.2) is 8.42 Å². The van der Waals surface area contributed by atoms with Crippen LogP contribution in [0.3, 0.4) is 0 Å². The molecule has 0 bridgehead atoms. The molecule has 1 aromatic carbocycles. The minimum Gasteiger partial charge on any atom is -0.338 e. The van der Waals surface area contributed by atoms with E-state index in [1.54, 1.807) is 24.3 Å². The summed E-state index contributed by atoms with van der Waals surface area (Å²) in [5.74, 6) is 0.557. The molecule has 6 heteroatoms. The highest BCUT2D eigenvalue weighted by molar-refractivity contribution is 7.92. The molecular formula is C14H20N2O3S. The lowest BCUT2D eigenvalue weighted by Gasteiger charge is -2.31. The van der Waals surface area contributed by atoms with Crippen molar-refractivity contribution in [2.75, 3.05) is 24.1 Å². The van der Waals surface area contributed by atoms with Crippen molar-refractivity contribution >= 4 is 21.6 Å². The predicted octanol–water partition coefficient (Wildman–Crippen LogP) is 1.93. The maximum Gasteiger partial charge on any atom is 0.253 e. The minimum absolute atomic E-state index is 0.0162. The van der Waals surface area contributed by atoms with Gasteiger partial charge in [0, 0.05) is 24.3 Å². The standard InChI is InChI=1S/C14H20N2O3S/c1-11-4-3-9-16(10-11)14(17)12-5-7-13(8-6-12)15-20(2,18)19/h5-8,11,15H,3-4,9-10H2,1-2H3/t11-/m0/s1. The number of carbonyl (C=O) groups excluding carboxylic acids is 1. The van der Waals surface area contributed by atoms with Gasteiger partial charge in [0.25, 0.3) is 5.91 Å². The van der Waals surface area contributed by atoms with Gasteiger partial charge < -0.3 is 4.90 Å². The molecule has 110 valence electrons. The Balaban J connectivity index is 2.07. The van der Waals surface area contributed by atoms with Crippen LogP contribution in [-0.4, -0.2) is 38.6 Å². The Bertz CT molecular complexity index is 581. The number of benzene rings is 1. The van der Waals surface area contributed by atoms with Gasteiger partial charge in [-0.15, -0.1) is 0 Å². The van der Waals surface area contributed by atoms with E-state index in [0.717, 1.165) is 25.8 Å². The second-order valence-electron chi connectivity index (χ2n) is 5.45. The summed E-state index contributed by atoms with van der Waals surface area (Å²) in [6, 6.07) is 6.55. The summed E-state index contributed by atoms with van der Waals surface area (Å²) in [6.45, 7) is 3.74. The first-order valence-corrected chi connectivity index (χ1v) is 8.61. The molecule has 1 saturated heterocycles. The summed E-state index contributed by atoms with van der Waals surface area (Å²) < 4.78 is 24.6. The van der Waals surface area contributed by atoms with Gasteiger partial charge in [0.2, 0.25) is 10.0 Å². The number of hydrogen-bond acceptors (Lipinski definition) is 3. The Hall–Kier alpha value is -1.56. The van der Waals surface area contributed by atoms with E-state index < -0.39 is 10.0 Å². The normalized spacial score (nSPS) is 19.7. The van der Waals surface area contributed by atoms with Gasteiger partial charge in [-0.1, -0.05) is 6.92 Å². The fourth-order valence-corrected chi connectivity index (χ4v) is 3.02. The van der Waals surface area contributed by atoms with Gasteiger partial charge in [0.05, 0.1) is 6.26 Å². The van der Waals surface area contributed by atoms with Crippen LogP contribution in [0.2, 0.25) is 0 Å². The topological polar surface area (TPSA) is 66.5 Å². The second-order valence-corrected chi connectivity index (χ2v) is 7.20. The van der Waals surface area contributed by atoms with E-state index >= 15 is 0 Å². The Morgan fingerprint density at radius 3 is 2.50 bits per heavy atom.